The van der Waals surface area contributed by atoms with Crippen LogP contribution in [0.5, 0.6) is 0 Å². The summed E-state index contributed by atoms with van der Waals surface area (Å²) in [4.78, 5) is 19.5. The normalized spacial score (nSPS) is 11.8. The Balaban J connectivity index is 1.49. The molecule has 2 heterocycles. The molecule has 0 bridgehead atoms. The number of amides is 1. The molecular formula is C23H20F3N7O2. The quantitative estimate of drug-likeness (QED) is 0.369. The number of halogens is 3. The summed E-state index contributed by atoms with van der Waals surface area (Å²) in [7, 11) is 1.55. The van der Waals surface area contributed by atoms with E-state index in [1.165, 1.54) is 27.9 Å². The molecule has 4 rings (SSSR count). The zero-order chi connectivity index (χ0) is 25.0. The van der Waals surface area contributed by atoms with Crippen molar-refractivity contribution in [3.63, 3.8) is 0 Å². The van der Waals surface area contributed by atoms with Gasteiger partial charge in [-0.3, -0.25) is 4.79 Å². The second kappa shape index (κ2) is 9.87. The molecule has 1 amide bonds. The summed E-state index contributed by atoms with van der Waals surface area (Å²) in [5.41, 5.74) is 0.672. The highest BCUT2D eigenvalue weighted by atomic mass is 19.4. The predicted octanol–water partition coefficient (Wildman–Crippen LogP) is 3.77. The van der Waals surface area contributed by atoms with Gasteiger partial charge < -0.3 is 9.42 Å². The molecule has 2 aromatic heterocycles. The first kappa shape index (κ1) is 23.8. The van der Waals surface area contributed by atoms with Crippen LogP contribution in [0.15, 0.2) is 59.1 Å². The number of rotatable bonds is 7. The molecular weight excluding hydrogens is 463 g/mol. The smallest absolute Gasteiger partial charge is 0.337 e. The lowest BCUT2D eigenvalue weighted by Gasteiger charge is -2.13. The molecule has 0 fully saturated rings. The molecule has 0 spiro atoms. The molecule has 2 aromatic carbocycles. The number of hydrogen-bond donors (Lipinski definition) is 0. The molecule has 0 N–H and O–H groups in total. The van der Waals surface area contributed by atoms with Gasteiger partial charge >= 0.3 is 6.18 Å². The van der Waals surface area contributed by atoms with Crippen molar-refractivity contribution in [3.8, 4) is 11.4 Å². The van der Waals surface area contributed by atoms with Crippen LogP contribution >= 0.6 is 0 Å². The fourth-order valence-corrected chi connectivity index (χ4v) is 3.22. The monoisotopic (exact) mass is 483 g/mol. The zero-order valence-electron chi connectivity index (χ0n) is 18.8. The van der Waals surface area contributed by atoms with Crippen molar-refractivity contribution >= 4 is 12.0 Å². The minimum Gasteiger partial charge on any atom is -0.337 e. The highest BCUT2D eigenvalue weighted by Crippen LogP contribution is 2.31. The second-order valence-corrected chi connectivity index (χ2v) is 7.68. The van der Waals surface area contributed by atoms with E-state index < -0.39 is 17.6 Å². The van der Waals surface area contributed by atoms with Gasteiger partial charge in [0.25, 0.3) is 0 Å². The molecule has 180 valence electrons. The molecule has 0 aliphatic rings. The van der Waals surface area contributed by atoms with Crippen molar-refractivity contribution in [3.05, 3.63) is 83.0 Å². The number of benzene rings is 2. The highest BCUT2D eigenvalue weighted by Gasteiger charge is 2.31. The van der Waals surface area contributed by atoms with Gasteiger partial charge in [0.15, 0.2) is 5.82 Å². The summed E-state index contributed by atoms with van der Waals surface area (Å²) in [6.07, 6.45) is -1.80. The molecule has 0 radical (unpaired) electrons. The maximum absolute atomic E-state index is 13.2. The first-order valence-electron chi connectivity index (χ1n) is 10.4. The summed E-state index contributed by atoms with van der Waals surface area (Å²) >= 11 is 0. The van der Waals surface area contributed by atoms with Gasteiger partial charge in [-0.2, -0.15) is 23.0 Å². The molecule has 0 saturated carbocycles. The highest BCUT2D eigenvalue weighted by molar-refractivity contribution is 5.91. The third-order valence-corrected chi connectivity index (χ3v) is 4.99. The fourth-order valence-electron chi connectivity index (χ4n) is 3.22. The Labute approximate surface area is 197 Å². The Hall–Kier alpha value is -4.35. The third-order valence-electron chi connectivity index (χ3n) is 4.99. The molecule has 0 atom stereocenters. The van der Waals surface area contributed by atoms with Crippen molar-refractivity contribution in [1.82, 2.24) is 35.2 Å². The Morgan fingerprint density at radius 2 is 1.94 bits per heavy atom. The summed E-state index contributed by atoms with van der Waals surface area (Å²) in [5.74, 6) is 0.645. The van der Waals surface area contributed by atoms with Gasteiger partial charge in [-0.25, -0.2) is 0 Å². The number of tetrazole rings is 1. The molecule has 0 aliphatic heterocycles. The van der Waals surface area contributed by atoms with E-state index in [4.69, 9.17) is 4.52 Å². The average Bonchev–Trinajstić information content (AvgIpc) is 3.46. The molecule has 9 nitrogen and oxygen atoms in total. The predicted molar refractivity (Wildman–Crippen MR) is 118 cm³/mol. The molecule has 0 unspecified atom stereocenters. The first-order chi connectivity index (χ1) is 16.7. The summed E-state index contributed by atoms with van der Waals surface area (Å²) in [6, 6.07) is 12.5. The van der Waals surface area contributed by atoms with E-state index >= 15 is 0 Å². The van der Waals surface area contributed by atoms with Crippen LogP contribution in [0, 0.1) is 6.92 Å². The van der Waals surface area contributed by atoms with Crippen LogP contribution in [0.4, 0.5) is 13.2 Å². The van der Waals surface area contributed by atoms with Crippen molar-refractivity contribution in [2.45, 2.75) is 26.2 Å². The average molecular weight is 483 g/mol. The Morgan fingerprint density at radius 3 is 2.63 bits per heavy atom. The van der Waals surface area contributed by atoms with E-state index in [9.17, 15) is 18.0 Å². The SMILES string of the molecule is Cc1nnn(Cc2cc(C(F)(F)F)ccc2/C=C/C(=O)N(C)Cc2nc(-c3ccccc3)no2)n1. The van der Waals surface area contributed by atoms with Crippen LogP contribution < -0.4 is 0 Å². The van der Waals surface area contributed by atoms with Gasteiger partial charge in [-0.15, -0.1) is 10.2 Å². The Kier molecular flexibility index (Phi) is 6.71. The van der Waals surface area contributed by atoms with Gasteiger partial charge in [0.2, 0.25) is 17.6 Å². The van der Waals surface area contributed by atoms with Crippen molar-refractivity contribution in [1.29, 1.82) is 0 Å². The summed E-state index contributed by atoms with van der Waals surface area (Å²) in [6.45, 7) is 1.64. The minimum atomic E-state index is -4.51. The summed E-state index contributed by atoms with van der Waals surface area (Å²) < 4.78 is 44.9. The zero-order valence-corrected chi connectivity index (χ0v) is 18.8. The number of hydrogen-bond acceptors (Lipinski definition) is 7. The molecule has 4 aromatic rings. The van der Waals surface area contributed by atoms with Crippen molar-refractivity contribution in [2.75, 3.05) is 7.05 Å². The van der Waals surface area contributed by atoms with Crippen molar-refractivity contribution < 1.29 is 22.5 Å². The maximum atomic E-state index is 13.2. The van der Waals surface area contributed by atoms with Crippen LogP contribution in [0.2, 0.25) is 0 Å². The van der Waals surface area contributed by atoms with Crippen LogP contribution in [0.1, 0.15) is 28.4 Å². The van der Waals surface area contributed by atoms with E-state index in [2.05, 4.69) is 25.6 Å². The lowest BCUT2D eigenvalue weighted by atomic mass is 10.0. The van der Waals surface area contributed by atoms with Gasteiger partial charge in [0.05, 0.1) is 18.7 Å². The molecule has 0 saturated heterocycles. The Bertz CT molecular complexity index is 1350. The number of aryl methyl sites for hydroxylation is 1. The van der Waals surface area contributed by atoms with E-state index in [-0.39, 0.29) is 24.5 Å². The van der Waals surface area contributed by atoms with Gasteiger partial charge in [-0.1, -0.05) is 41.6 Å². The molecule has 12 heteroatoms. The van der Waals surface area contributed by atoms with Crippen molar-refractivity contribution in [2.24, 2.45) is 0 Å². The second-order valence-electron chi connectivity index (χ2n) is 7.68. The first-order valence-corrected chi connectivity index (χ1v) is 10.4. The van der Waals surface area contributed by atoms with Gasteiger partial charge in [0.1, 0.15) is 0 Å². The van der Waals surface area contributed by atoms with E-state index in [0.29, 0.717) is 17.2 Å². The number of aromatic nitrogens is 6. The van der Waals surface area contributed by atoms with Gasteiger partial charge in [-0.05, 0) is 41.5 Å². The van der Waals surface area contributed by atoms with Crippen LogP contribution in [0.3, 0.4) is 0 Å². The summed E-state index contributed by atoms with van der Waals surface area (Å²) in [5, 5.41) is 15.5. The van der Waals surface area contributed by atoms with Crippen LogP contribution in [-0.4, -0.2) is 48.2 Å². The molecule has 35 heavy (non-hydrogen) atoms. The van der Waals surface area contributed by atoms with Gasteiger partial charge in [0, 0.05) is 18.7 Å². The Morgan fingerprint density at radius 1 is 1.17 bits per heavy atom. The van der Waals surface area contributed by atoms with E-state index in [1.54, 1.807) is 14.0 Å². The number of likely N-dealkylation sites (N-methyl/N-ethyl adjacent to an activating group) is 1. The lowest BCUT2D eigenvalue weighted by Crippen LogP contribution is -2.24. The number of carbonyl (C=O) groups excluding carboxylic acids is 1. The minimum absolute atomic E-state index is 0.0429. The largest absolute Gasteiger partial charge is 0.416 e. The topological polar surface area (TPSA) is 103 Å². The van der Waals surface area contributed by atoms with E-state index in [0.717, 1.165) is 17.7 Å². The molecule has 0 aliphatic carbocycles. The fraction of sp³-hybridized carbons (Fsp3) is 0.217. The number of nitrogens with zero attached hydrogens (tertiary/aromatic N) is 7. The van der Waals surface area contributed by atoms with Crippen LogP contribution in [0.25, 0.3) is 17.5 Å². The van der Waals surface area contributed by atoms with Crippen LogP contribution in [-0.2, 0) is 24.1 Å². The number of carbonyl (C=O) groups is 1. The van der Waals surface area contributed by atoms with E-state index in [1.807, 2.05) is 30.3 Å². The standard InChI is InChI=1S/C23H20F3N7O2/c1-15-28-31-33(29-15)13-18-12-19(23(24,25)26)10-8-16(18)9-11-21(34)32(2)14-20-27-22(30-35-20)17-6-4-3-5-7-17/h3-12H,13-14H2,1-2H3/b11-9+. The lowest BCUT2D eigenvalue weighted by molar-refractivity contribution is -0.137. The maximum Gasteiger partial charge on any atom is 0.416 e. The number of alkyl halides is 3. The third kappa shape index (κ3) is 5.96.